The fourth-order valence-electron chi connectivity index (χ4n) is 4.73. The Morgan fingerprint density at radius 1 is 1.00 bits per heavy atom. The first-order valence-corrected chi connectivity index (χ1v) is 13.2. The molecule has 1 saturated heterocycles. The molecule has 1 heterocycles. The quantitative estimate of drug-likeness (QED) is 0.204. The lowest BCUT2D eigenvalue weighted by Crippen LogP contribution is -2.29. The first-order chi connectivity index (χ1) is 18.4. The Morgan fingerprint density at radius 3 is 2.36 bits per heavy atom. The number of aryl methyl sites for hydroxylation is 1. The maximum atomic E-state index is 13.7. The van der Waals surface area contributed by atoms with E-state index in [2.05, 4.69) is 34.6 Å². The molecule has 0 bridgehead atoms. The molecule has 0 aromatic heterocycles. The number of ether oxygens (including phenoxy) is 2. The van der Waals surface area contributed by atoms with Gasteiger partial charge in [-0.3, -0.25) is 14.5 Å². The first-order valence-electron chi connectivity index (χ1n) is 13.2. The molecule has 1 amide bonds. The number of ketones is 1. The van der Waals surface area contributed by atoms with Crippen molar-refractivity contribution in [1.29, 1.82) is 0 Å². The molecular weight excluding hydrogens is 490 g/mol. The van der Waals surface area contributed by atoms with Gasteiger partial charge in [0.1, 0.15) is 17.3 Å². The summed E-state index contributed by atoms with van der Waals surface area (Å²) < 4.78 is 11.5. The van der Waals surface area contributed by atoms with Crippen molar-refractivity contribution in [2.75, 3.05) is 18.6 Å². The summed E-state index contributed by atoms with van der Waals surface area (Å²) >= 11 is 0. The van der Waals surface area contributed by atoms with Crippen molar-refractivity contribution in [3.63, 3.8) is 0 Å². The Labute approximate surface area is 230 Å². The van der Waals surface area contributed by atoms with Gasteiger partial charge in [0, 0.05) is 5.69 Å². The molecule has 1 aliphatic rings. The highest BCUT2D eigenvalue weighted by Crippen LogP contribution is 2.44. The molecule has 1 atom stereocenters. The monoisotopic (exact) mass is 527 g/mol. The van der Waals surface area contributed by atoms with Gasteiger partial charge in [-0.15, -0.1) is 0 Å². The van der Waals surface area contributed by atoms with Crippen LogP contribution in [0.1, 0.15) is 62.9 Å². The molecule has 0 saturated carbocycles. The standard InChI is InChI=1S/C33H37NO5/c1-20(2)19-39-25-13-9-11-22(17-25)29-28(31(36)32(37)34(29)24-12-8-10-21(3)16-24)30(35)26-18-23(33(4,5)6)14-15-27(26)38-7/h8-18,20,29,35H,19H2,1-7H3/b30-28+. The van der Waals surface area contributed by atoms with Gasteiger partial charge in [-0.25, -0.2) is 0 Å². The summed E-state index contributed by atoms with van der Waals surface area (Å²) in [6.45, 7) is 12.8. The van der Waals surface area contributed by atoms with E-state index in [1.54, 1.807) is 12.1 Å². The summed E-state index contributed by atoms with van der Waals surface area (Å²) in [5, 5.41) is 11.8. The number of methoxy groups -OCH3 is 1. The molecule has 0 aliphatic carbocycles. The zero-order valence-corrected chi connectivity index (χ0v) is 23.7. The zero-order valence-electron chi connectivity index (χ0n) is 23.7. The van der Waals surface area contributed by atoms with Gasteiger partial charge >= 0.3 is 0 Å². The van der Waals surface area contributed by atoms with E-state index in [0.29, 0.717) is 40.8 Å². The Kier molecular flexibility index (Phi) is 7.86. The Balaban J connectivity index is 1.97. The highest BCUT2D eigenvalue weighted by Gasteiger charge is 2.47. The average Bonchev–Trinajstić information content (AvgIpc) is 3.16. The van der Waals surface area contributed by atoms with Gasteiger partial charge in [-0.05, 0) is 71.3 Å². The second kappa shape index (κ2) is 11.0. The van der Waals surface area contributed by atoms with E-state index in [4.69, 9.17) is 9.47 Å². The predicted molar refractivity (Wildman–Crippen MR) is 154 cm³/mol. The third-order valence-corrected chi connectivity index (χ3v) is 6.80. The fourth-order valence-corrected chi connectivity index (χ4v) is 4.73. The van der Waals surface area contributed by atoms with Crippen molar-refractivity contribution < 1.29 is 24.2 Å². The number of benzene rings is 3. The van der Waals surface area contributed by atoms with Gasteiger partial charge in [0.15, 0.2) is 0 Å². The van der Waals surface area contributed by atoms with Crippen LogP contribution in [0.2, 0.25) is 0 Å². The van der Waals surface area contributed by atoms with Gasteiger partial charge in [-0.1, -0.05) is 65.0 Å². The second-order valence-corrected chi connectivity index (χ2v) is 11.5. The van der Waals surface area contributed by atoms with Crippen LogP contribution < -0.4 is 14.4 Å². The number of Topliss-reactive ketones (excluding diaryl/α,β-unsaturated/α-hetero) is 1. The Bertz CT molecular complexity index is 1430. The molecule has 1 unspecified atom stereocenters. The van der Waals surface area contributed by atoms with Crippen LogP contribution in [0, 0.1) is 12.8 Å². The molecule has 1 aliphatic heterocycles. The van der Waals surface area contributed by atoms with E-state index >= 15 is 0 Å². The maximum absolute atomic E-state index is 13.7. The third-order valence-electron chi connectivity index (χ3n) is 6.80. The SMILES string of the molecule is COc1ccc(C(C)(C)C)cc1/C(O)=C1\C(=O)C(=O)N(c2cccc(C)c2)C1c1cccc(OCC(C)C)c1. The molecule has 1 fully saturated rings. The summed E-state index contributed by atoms with van der Waals surface area (Å²) in [5.41, 5.74) is 3.29. The molecule has 39 heavy (non-hydrogen) atoms. The lowest BCUT2D eigenvalue weighted by Gasteiger charge is -2.26. The number of hydrogen-bond donors (Lipinski definition) is 1. The van der Waals surface area contributed by atoms with Crippen molar-refractivity contribution in [3.8, 4) is 11.5 Å². The summed E-state index contributed by atoms with van der Waals surface area (Å²) in [7, 11) is 1.52. The van der Waals surface area contributed by atoms with E-state index < -0.39 is 17.7 Å². The van der Waals surface area contributed by atoms with Crippen LogP contribution in [-0.4, -0.2) is 30.5 Å². The number of carbonyl (C=O) groups is 2. The molecule has 6 heteroatoms. The summed E-state index contributed by atoms with van der Waals surface area (Å²) in [6, 6.07) is 19.5. The predicted octanol–water partition coefficient (Wildman–Crippen LogP) is 6.96. The van der Waals surface area contributed by atoms with Crippen LogP contribution in [0.15, 0.2) is 72.3 Å². The number of aliphatic hydroxyl groups is 1. The van der Waals surface area contributed by atoms with Crippen molar-refractivity contribution in [3.05, 3.63) is 94.6 Å². The van der Waals surface area contributed by atoms with E-state index in [-0.39, 0.29) is 16.7 Å². The minimum atomic E-state index is -0.864. The molecule has 0 radical (unpaired) electrons. The summed E-state index contributed by atoms with van der Waals surface area (Å²) in [5.74, 6) is -0.361. The number of nitrogens with zero attached hydrogens (tertiary/aromatic N) is 1. The van der Waals surface area contributed by atoms with Gasteiger partial charge in [-0.2, -0.15) is 0 Å². The topological polar surface area (TPSA) is 76.1 Å². The van der Waals surface area contributed by atoms with Gasteiger partial charge in [0.25, 0.3) is 11.7 Å². The van der Waals surface area contributed by atoms with E-state index in [0.717, 1.165) is 11.1 Å². The van der Waals surface area contributed by atoms with Crippen LogP contribution in [0.4, 0.5) is 5.69 Å². The lowest BCUT2D eigenvalue weighted by molar-refractivity contribution is -0.132. The number of rotatable bonds is 7. The van der Waals surface area contributed by atoms with Crippen molar-refractivity contribution in [2.45, 2.75) is 53.0 Å². The van der Waals surface area contributed by atoms with Crippen LogP contribution in [-0.2, 0) is 15.0 Å². The van der Waals surface area contributed by atoms with Crippen LogP contribution >= 0.6 is 0 Å². The molecule has 3 aromatic rings. The van der Waals surface area contributed by atoms with Crippen molar-refractivity contribution in [2.24, 2.45) is 5.92 Å². The highest BCUT2D eigenvalue weighted by atomic mass is 16.5. The number of amides is 1. The van der Waals surface area contributed by atoms with Gasteiger partial charge < -0.3 is 14.6 Å². The number of anilines is 1. The molecule has 1 N–H and O–H groups in total. The summed E-state index contributed by atoms with van der Waals surface area (Å²) in [4.78, 5) is 28.7. The number of carbonyl (C=O) groups excluding carboxylic acids is 2. The van der Waals surface area contributed by atoms with E-state index in [9.17, 15) is 14.7 Å². The fraction of sp³-hybridized carbons (Fsp3) is 0.333. The normalized spacial score (nSPS) is 17.1. The third kappa shape index (κ3) is 5.70. The lowest BCUT2D eigenvalue weighted by atomic mass is 9.85. The maximum Gasteiger partial charge on any atom is 0.300 e. The average molecular weight is 528 g/mol. The number of aliphatic hydroxyl groups excluding tert-OH is 1. The minimum Gasteiger partial charge on any atom is -0.507 e. The zero-order chi connectivity index (χ0) is 28.5. The summed E-state index contributed by atoms with van der Waals surface area (Å²) in [6.07, 6.45) is 0. The molecule has 3 aromatic carbocycles. The molecule has 6 nitrogen and oxygen atoms in total. The second-order valence-electron chi connectivity index (χ2n) is 11.5. The van der Waals surface area contributed by atoms with Crippen molar-refractivity contribution >= 4 is 23.1 Å². The largest absolute Gasteiger partial charge is 0.507 e. The molecular formula is C33H37NO5. The molecule has 204 valence electrons. The van der Waals surface area contributed by atoms with Gasteiger partial charge in [0.05, 0.1) is 30.9 Å². The van der Waals surface area contributed by atoms with Crippen LogP contribution in [0.25, 0.3) is 5.76 Å². The van der Waals surface area contributed by atoms with E-state index in [1.807, 2.05) is 61.5 Å². The Morgan fingerprint density at radius 2 is 1.72 bits per heavy atom. The van der Waals surface area contributed by atoms with Gasteiger partial charge in [0.2, 0.25) is 0 Å². The Hall–Kier alpha value is -4.06. The van der Waals surface area contributed by atoms with Crippen LogP contribution in [0.5, 0.6) is 11.5 Å². The molecule has 0 spiro atoms. The highest BCUT2D eigenvalue weighted by molar-refractivity contribution is 6.51. The first kappa shape index (κ1) is 28.0. The van der Waals surface area contributed by atoms with E-state index in [1.165, 1.54) is 12.0 Å². The minimum absolute atomic E-state index is 0.00637. The molecule has 4 rings (SSSR count). The number of hydrogen-bond acceptors (Lipinski definition) is 5. The van der Waals surface area contributed by atoms with Crippen LogP contribution in [0.3, 0.4) is 0 Å². The smallest absolute Gasteiger partial charge is 0.300 e. The van der Waals surface area contributed by atoms with Crippen molar-refractivity contribution in [1.82, 2.24) is 0 Å².